The van der Waals surface area contributed by atoms with Crippen molar-refractivity contribution in [2.45, 2.75) is 43.5 Å². The average molecular weight is 581 g/mol. The molecule has 0 fully saturated rings. The smallest absolute Gasteiger partial charge is 0.378 e. The normalized spacial score (nSPS) is 15.0. The molecule has 9 nitrogen and oxygen atoms in total. The van der Waals surface area contributed by atoms with E-state index in [0.29, 0.717) is 6.54 Å². The molecular weight excluding hydrogens is 550 g/mol. The lowest BCUT2D eigenvalue weighted by atomic mass is 9.69. The van der Waals surface area contributed by atoms with E-state index in [0.717, 1.165) is 63.5 Å². The molecule has 1 N–H and O–H groups in total. The number of nitriles is 1. The molecule has 0 bridgehead atoms. The largest absolute Gasteiger partial charge is 0.425 e. The summed E-state index contributed by atoms with van der Waals surface area (Å²) in [5.41, 5.74) is 7.05. The third kappa shape index (κ3) is 5.70. The van der Waals surface area contributed by atoms with Crippen LogP contribution in [0.3, 0.4) is 0 Å². The van der Waals surface area contributed by atoms with Crippen LogP contribution in [0.5, 0.6) is 0 Å². The fourth-order valence-corrected chi connectivity index (χ4v) is 6.02. The van der Waals surface area contributed by atoms with E-state index in [1.165, 1.54) is 17.7 Å². The maximum atomic E-state index is 11.4. The zero-order chi connectivity index (χ0) is 29.4. The van der Waals surface area contributed by atoms with Gasteiger partial charge < -0.3 is 4.90 Å². The summed E-state index contributed by atoms with van der Waals surface area (Å²) in [6.07, 6.45) is 1.95. The summed E-state index contributed by atoms with van der Waals surface area (Å²) in [7, 11) is -3.27. The van der Waals surface area contributed by atoms with Gasteiger partial charge in [-0.05, 0) is 58.7 Å². The number of nitrogens with zero attached hydrogens (tertiary/aromatic N) is 3. The zero-order valence-electron chi connectivity index (χ0n) is 22.7. The summed E-state index contributed by atoms with van der Waals surface area (Å²) in [5.74, 6) is 0. The molecule has 2 aliphatic rings. The van der Waals surface area contributed by atoms with Crippen LogP contribution in [-0.4, -0.2) is 46.2 Å². The van der Waals surface area contributed by atoms with Crippen molar-refractivity contribution in [1.82, 2.24) is 4.58 Å². The Morgan fingerprint density at radius 3 is 2.25 bits per heavy atom. The summed E-state index contributed by atoms with van der Waals surface area (Å²) in [4.78, 5) is 1.98. The molecule has 1 aliphatic carbocycles. The summed E-state index contributed by atoms with van der Waals surface area (Å²) >= 11 is 0. The Morgan fingerprint density at radius 2 is 1.68 bits per heavy atom. The predicted octanol–water partition coefficient (Wildman–Crippen LogP) is 1.99. The monoisotopic (exact) mass is 580 g/mol. The summed E-state index contributed by atoms with van der Waals surface area (Å²) < 4.78 is 59.8. The molecule has 0 spiro atoms. The number of rotatable bonds is 4. The van der Waals surface area contributed by atoms with Gasteiger partial charge in [0.05, 0.1) is 10.5 Å². The average Bonchev–Trinajstić information content (AvgIpc) is 2.88. The van der Waals surface area contributed by atoms with Gasteiger partial charge in [0.2, 0.25) is 5.36 Å². The van der Waals surface area contributed by atoms with Crippen LogP contribution in [-0.2, 0) is 39.1 Å². The van der Waals surface area contributed by atoms with E-state index in [-0.39, 0.29) is 10.3 Å². The summed E-state index contributed by atoms with van der Waals surface area (Å²) in [6.45, 7) is 5.98. The number of fused-ring (bicyclic) bond motifs is 3. The number of benzene rings is 3. The maximum Gasteiger partial charge on any atom is 0.425 e. The Morgan fingerprint density at radius 1 is 1.02 bits per heavy atom. The Bertz CT molecular complexity index is 1880. The van der Waals surface area contributed by atoms with E-state index in [2.05, 4.69) is 59.7 Å². The molecule has 0 saturated heterocycles. The molecule has 1 heterocycles. The molecule has 3 aromatic rings. The highest BCUT2D eigenvalue weighted by atomic mass is 32.2. The van der Waals surface area contributed by atoms with Crippen molar-refractivity contribution >= 4 is 32.0 Å². The van der Waals surface area contributed by atoms with E-state index >= 15 is 0 Å². The van der Waals surface area contributed by atoms with Gasteiger partial charge in [0.15, 0.2) is 6.54 Å². The molecule has 0 radical (unpaired) electrons. The third-order valence-corrected chi connectivity index (χ3v) is 8.41. The minimum Gasteiger partial charge on any atom is -0.378 e. The van der Waals surface area contributed by atoms with Crippen molar-refractivity contribution < 1.29 is 25.6 Å². The second kappa shape index (κ2) is 11.0. The van der Waals surface area contributed by atoms with Crippen LogP contribution in [0.4, 0.5) is 5.69 Å². The molecule has 0 saturated carbocycles. The lowest BCUT2D eigenvalue weighted by Gasteiger charge is -2.34. The van der Waals surface area contributed by atoms with Crippen LogP contribution in [0.15, 0.2) is 59.5 Å². The first-order chi connectivity index (χ1) is 18.7. The van der Waals surface area contributed by atoms with Crippen molar-refractivity contribution in [2.24, 2.45) is 0 Å². The van der Waals surface area contributed by atoms with E-state index in [1.54, 1.807) is 12.1 Å². The van der Waals surface area contributed by atoms with Gasteiger partial charge in [0.25, 0.3) is 10.1 Å². The lowest BCUT2D eigenvalue weighted by molar-refractivity contribution is 0.483. The van der Waals surface area contributed by atoms with Gasteiger partial charge in [0, 0.05) is 48.8 Å². The quantitative estimate of drug-likeness (QED) is 0.366. The standard InChI is InChI=1S/C29H29N3O3S.O3S/c1-29(2)26-15-21(31(3)4)9-12-23(26)25(17-30)24-14-20-6-5-13-32(28(20)16-27(24)29)18-19-7-10-22(11-8-19)36(33,34)35;1-4(2)3/h7-12,14-16H,5-6,13,18H2,1-4H3;/p+1. The molecule has 0 aromatic heterocycles. The number of hydrogen-bond donors (Lipinski definition) is 1. The minimum atomic E-state index is -4.21. The number of hydrogen-bond acceptors (Lipinski definition) is 7. The molecule has 1 aliphatic heterocycles. The van der Waals surface area contributed by atoms with Gasteiger partial charge in [-0.3, -0.25) is 4.55 Å². The Kier molecular flexibility index (Phi) is 7.99. The molecule has 0 atom stereocenters. The van der Waals surface area contributed by atoms with Crippen LogP contribution in [0.1, 0.15) is 48.1 Å². The molecule has 0 unspecified atom stereocenters. The van der Waals surface area contributed by atoms with Crippen LogP contribution >= 0.6 is 0 Å². The van der Waals surface area contributed by atoms with Gasteiger partial charge >= 0.3 is 10.6 Å². The van der Waals surface area contributed by atoms with Gasteiger partial charge in [-0.25, -0.2) is 4.58 Å². The van der Waals surface area contributed by atoms with Gasteiger partial charge in [-0.2, -0.15) is 13.7 Å². The summed E-state index contributed by atoms with van der Waals surface area (Å²) in [5, 5.41) is 12.4. The number of aryl methyl sites for hydroxylation is 1. The van der Waals surface area contributed by atoms with E-state index in [4.69, 9.17) is 12.6 Å². The minimum absolute atomic E-state index is 0.101. The second-order valence-electron chi connectivity index (χ2n) is 10.6. The molecule has 40 heavy (non-hydrogen) atoms. The van der Waals surface area contributed by atoms with Gasteiger partial charge in [-0.1, -0.05) is 32.0 Å². The van der Waals surface area contributed by atoms with Crippen LogP contribution in [0.25, 0.3) is 5.57 Å². The SMILES string of the molecule is CN(C)c1ccc2c(c1)C(C)(C)c1cc3c(cc1=C2C#N)CCC[N+]=3Cc1ccc(S(=O)(=O)O)cc1.O=S(=O)=O. The van der Waals surface area contributed by atoms with Crippen molar-refractivity contribution in [1.29, 1.82) is 5.26 Å². The van der Waals surface area contributed by atoms with Gasteiger partial charge in [-0.15, -0.1) is 12.6 Å². The highest BCUT2D eigenvalue weighted by Crippen LogP contribution is 2.39. The van der Waals surface area contributed by atoms with Crippen LogP contribution in [0, 0.1) is 11.3 Å². The lowest BCUT2D eigenvalue weighted by Crippen LogP contribution is -2.42. The first-order valence-corrected chi connectivity index (χ1v) is 15.0. The van der Waals surface area contributed by atoms with Crippen molar-refractivity contribution in [3.8, 4) is 6.07 Å². The second-order valence-corrected chi connectivity index (χ2v) is 12.4. The predicted molar refractivity (Wildman–Crippen MR) is 151 cm³/mol. The van der Waals surface area contributed by atoms with Crippen molar-refractivity contribution in [2.75, 3.05) is 25.5 Å². The van der Waals surface area contributed by atoms with E-state index in [1.807, 2.05) is 14.1 Å². The molecular formula is C29H30N3O6S2+. The first-order valence-electron chi connectivity index (χ1n) is 12.6. The zero-order valence-corrected chi connectivity index (χ0v) is 24.3. The maximum absolute atomic E-state index is 11.4. The summed E-state index contributed by atoms with van der Waals surface area (Å²) in [6, 6.07) is 19.7. The Balaban J connectivity index is 0.000000867. The molecule has 3 aromatic carbocycles. The van der Waals surface area contributed by atoms with Crippen LogP contribution < -0.4 is 20.1 Å². The molecule has 11 heteroatoms. The highest BCUT2D eigenvalue weighted by Gasteiger charge is 2.35. The van der Waals surface area contributed by atoms with E-state index < -0.39 is 20.7 Å². The van der Waals surface area contributed by atoms with Crippen LogP contribution in [0.2, 0.25) is 0 Å². The fourth-order valence-electron chi connectivity index (χ4n) is 5.54. The topological polar surface area (TPSA) is 136 Å². The van der Waals surface area contributed by atoms with Gasteiger partial charge in [0.1, 0.15) is 12.6 Å². The number of anilines is 1. The molecule has 5 rings (SSSR count). The Hall–Kier alpha value is -3.85. The molecule has 0 amide bonds. The third-order valence-electron chi connectivity index (χ3n) is 7.54. The Labute approximate surface area is 235 Å². The molecule has 208 valence electrons. The van der Waals surface area contributed by atoms with Crippen molar-refractivity contribution in [3.05, 3.63) is 93.0 Å². The first kappa shape index (κ1) is 29.1. The highest BCUT2D eigenvalue weighted by molar-refractivity contribution is 7.85. The van der Waals surface area contributed by atoms with E-state index in [9.17, 15) is 18.2 Å². The van der Waals surface area contributed by atoms with Crippen molar-refractivity contribution in [3.63, 3.8) is 0 Å². The fraction of sp³-hybridized carbons (Fsp3) is 0.310.